The first-order valence-corrected chi connectivity index (χ1v) is 14.5. The van der Waals surface area contributed by atoms with Crippen LogP contribution in [0.5, 0.6) is 0 Å². The van der Waals surface area contributed by atoms with Gasteiger partial charge in [-0.2, -0.15) is 4.57 Å². The number of esters is 1. The second-order valence-electron chi connectivity index (χ2n) is 9.28. The molecule has 6 nitrogen and oxygen atoms in total. The van der Waals surface area contributed by atoms with Gasteiger partial charge in [-0.15, -0.1) is 0 Å². The third-order valence-corrected chi connectivity index (χ3v) is 7.56. The minimum atomic E-state index is -0.480. The Balaban J connectivity index is 1.38. The summed E-state index contributed by atoms with van der Waals surface area (Å²) in [6.45, 7) is 2.22. The average molecular weight is 673 g/mol. The first-order valence-electron chi connectivity index (χ1n) is 12.9. The van der Waals surface area contributed by atoms with Crippen LogP contribution in [0.2, 0.25) is 0 Å². The number of carbonyl (C=O) groups is 3. The third kappa shape index (κ3) is 6.61. The monoisotopic (exact) mass is 671 g/mol. The van der Waals surface area contributed by atoms with E-state index in [0.717, 1.165) is 20.1 Å². The molecule has 3 heterocycles. The normalized spacial score (nSPS) is 11.2. The molecule has 0 atom stereocenters. The molecule has 5 rings (SSSR count). The number of ether oxygens (including phenoxy) is 1. The summed E-state index contributed by atoms with van der Waals surface area (Å²) in [6, 6.07) is 23.6. The van der Waals surface area contributed by atoms with Gasteiger partial charge in [0.2, 0.25) is 18.1 Å². The molecule has 0 saturated heterocycles. The van der Waals surface area contributed by atoms with E-state index in [1.54, 1.807) is 47.9 Å². The van der Waals surface area contributed by atoms with Crippen LogP contribution in [0, 0.1) is 0 Å². The molecule has 0 fully saturated rings. The SMILES string of the molecule is CCOC(=O)c1cc(C(=O)c2ccc(Br)cc2)n2ccc(/C=C/c3cc[n+](CC(=O)c4ccc(Br)cc4)cc3)cc12. The van der Waals surface area contributed by atoms with E-state index in [0.29, 0.717) is 27.9 Å². The van der Waals surface area contributed by atoms with E-state index in [-0.39, 0.29) is 24.7 Å². The Labute approximate surface area is 254 Å². The number of ketones is 2. The zero-order chi connectivity index (χ0) is 28.9. The lowest BCUT2D eigenvalue weighted by Gasteiger charge is -2.05. The van der Waals surface area contributed by atoms with Crippen molar-refractivity contribution in [1.82, 2.24) is 4.40 Å². The predicted molar refractivity (Wildman–Crippen MR) is 165 cm³/mol. The number of benzene rings is 2. The highest BCUT2D eigenvalue weighted by Gasteiger charge is 2.21. The number of fused-ring (bicyclic) bond motifs is 1. The van der Waals surface area contributed by atoms with E-state index in [2.05, 4.69) is 31.9 Å². The van der Waals surface area contributed by atoms with Crippen molar-refractivity contribution in [2.45, 2.75) is 13.5 Å². The predicted octanol–water partition coefficient (Wildman–Crippen LogP) is 7.21. The Morgan fingerprint density at radius 3 is 2.05 bits per heavy atom. The molecule has 8 heteroatoms. The number of Topliss-reactive ketones (excluding diaryl/α,β-unsaturated/α-hetero) is 1. The number of hydrogen-bond acceptors (Lipinski definition) is 4. The third-order valence-electron chi connectivity index (χ3n) is 6.51. The second-order valence-corrected chi connectivity index (χ2v) is 11.1. The van der Waals surface area contributed by atoms with Crippen LogP contribution in [0.25, 0.3) is 17.7 Å². The lowest BCUT2D eigenvalue weighted by atomic mass is 10.1. The van der Waals surface area contributed by atoms with Gasteiger partial charge in [0.15, 0.2) is 12.4 Å². The van der Waals surface area contributed by atoms with Gasteiger partial charge < -0.3 is 9.14 Å². The molecule has 5 aromatic rings. The summed E-state index contributed by atoms with van der Waals surface area (Å²) in [4.78, 5) is 38.7. The number of pyridine rings is 2. The van der Waals surface area contributed by atoms with Gasteiger partial charge in [0.05, 0.1) is 23.4 Å². The molecule has 0 radical (unpaired) electrons. The fourth-order valence-electron chi connectivity index (χ4n) is 4.39. The van der Waals surface area contributed by atoms with Crippen molar-refractivity contribution >= 4 is 67.1 Å². The highest BCUT2D eigenvalue weighted by molar-refractivity contribution is 9.10. The van der Waals surface area contributed by atoms with Crippen molar-refractivity contribution in [3.63, 3.8) is 0 Å². The first-order chi connectivity index (χ1) is 19.8. The molecule has 0 saturated carbocycles. The fraction of sp³-hybridized carbons (Fsp3) is 0.0909. The van der Waals surface area contributed by atoms with Crippen LogP contribution in [-0.4, -0.2) is 28.5 Å². The Morgan fingerprint density at radius 2 is 1.41 bits per heavy atom. The van der Waals surface area contributed by atoms with Crippen LogP contribution in [0.3, 0.4) is 0 Å². The lowest BCUT2D eigenvalue weighted by molar-refractivity contribution is -0.683. The van der Waals surface area contributed by atoms with Gasteiger partial charge in [-0.05, 0) is 72.6 Å². The Hall–Kier alpha value is -4.14. The molecule has 204 valence electrons. The van der Waals surface area contributed by atoms with E-state index in [4.69, 9.17) is 4.74 Å². The van der Waals surface area contributed by atoms with Gasteiger partial charge >= 0.3 is 5.97 Å². The van der Waals surface area contributed by atoms with Gasteiger partial charge in [-0.1, -0.05) is 56.1 Å². The van der Waals surface area contributed by atoms with Crippen LogP contribution in [0.1, 0.15) is 54.8 Å². The Bertz CT molecular complexity index is 1770. The smallest absolute Gasteiger partial charge is 0.340 e. The van der Waals surface area contributed by atoms with E-state index >= 15 is 0 Å². The zero-order valence-corrected chi connectivity index (χ0v) is 25.3. The van der Waals surface area contributed by atoms with Crippen LogP contribution < -0.4 is 4.57 Å². The zero-order valence-electron chi connectivity index (χ0n) is 22.1. The lowest BCUT2D eigenvalue weighted by Crippen LogP contribution is -2.37. The summed E-state index contributed by atoms with van der Waals surface area (Å²) in [5.74, 6) is -0.643. The molecule has 0 amide bonds. The highest BCUT2D eigenvalue weighted by atomic mass is 79.9. The molecule has 41 heavy (non-hydrogen) atoms. The van der Waals surface area contributed by atoms with E-state index in [9.17, 15) is 14.4 Å². The topological polar surface area (TPSA) is 68.7 Å². The molecule has 0 bridgehead atoms. The maximum Gasteiger partial charge on any atom is 0.340 e. The number of aromatic nitrogens is 2. The van der Waals surface area contributed by atoms with Crippen LogP contribution in [-0.2, 0) is 11.3 Å². The fourth-order valence-corrected chi connectivity index (χ4v) is 4.91. The summed E-state index contributed by atoms with van der Waals surface area (Å²) in [5.41, 5.74) is 4.28. The standard InChI is InChI=1S/C33H25Br2N2O4/c1-2-41-33(40)28-20-30(32(39)25-7-11-27(35)12-8-25)37-18-15-23(19-29(28)37)4-3-22-13-16-36(17-14-22)21-31(38)24-5-9-26(34)10-6-24/h3-20H,2,21H2,1H3/q+1. The molecule has 0 aliphatic rings. The summed E-state index contributed by atoms with van der Waals surface area (Å²) in [7, 11) is 0. The molecule has 2 aromatic carbocycles. The average Bonchev–Trinajstić information content (AvgIpc) is 3.36. The summed E-state index contributed by atoms with van der Waals surface area (Å²) in [6.07, 6.45) is 9.41. The first kappa shape index (κ1) is 28.4. The second kappa shape index (κ2) is 12.6. The van der Waals surface area contributed by atoms with E-state index < -0.39 is 5.97 Å². The Kier molecular flexibility index (Phi) is 8.71. The molecule has 0 spiro atoms. The number of hydrogen-bond donors (Lipinski definition) is 0. The van der Waals surface area contributed by atoms with Gasteiger partial charge in [0.25, 0.3) is 0 Å². The molecule has 0 N–H and O–H groups in total. The van der Waals surface area contributed by atoms with Crippen LogP contribution in [0.15, 0.2) is 106 Å². The summed E-state index contributed by atoms with van der Waals surface area (Å²) in [5, 5.41) is 0. The molecular weight excluding hydrogens is 648 g/mol. The number of nitrogens with zero attached hydrogens (tertiary/aromatic N) is 2. The van der Waals surface area contributed by atoms with Crippen molar-refractivity contribution in [3.8, 4) is 0 Å². The minimum Gasteiger partial charge on any atom is -0.462 e. The van der Waals surface area contributed by atoms with Crippen molar-refractivity contribution in [2.75, 3.05) is 6.61 Å². The van der Waals surface area contributed by atoms with E-state index in [1.807, 2.05) is 77.6 Å². The van der Waals surface area contributed by atoms with Crippen molar-refractivity contribution in [2.24, 2.45) is 0 Å². The largest absolute Gasteiger partial charge is 0.462 e. The van der Waals surface area contributed by atoms with Gasteiger partial charge in [-0.3, -0.25) is 9.59 Å². The maximum absolute atomic E-state index is 13.3. The van der Waals surface area contributed by atoms with Crippen LogP contribution in [0.4, 0.5) is 0 Å². The number of halogens is 2. The maximum atomic E-state index is 13.3. The molecule has 0 aliphatic carbocycles. The molecular formula is C33H25Br2N2O4+. The highest BCUT2D eigenvalue weighted by Crippen LogP contribution is 2.24. The van der Waals surface area contributed by atoms with E-state index in [1.165, 1.54) is 0 Å². The van der Waals surface area contributed by atoms with Gasteiger partial charge in [-0.25, -0.2) is 4.79 Å². The number of carbonyl (C=O) groups excluding carboxylic acids is 3. The molecule has 0 aliphatic heterocycles. The van der Waals surface area contributed by atoms with Crippen molar-refractivity contribution < 1.29 is 23.7 Å². The minimum absolute atomic E-state index is 0.0293. The molecule has 0 unspecified atom stereocenters. The van der Waals surface area contributed by atoms with Gasteiger partial charge in [0, 0.05) is 38.4 Å². The van der Waals surface area contributed by atoms with Crippen molar-refractivity contribution in [1.29, 1.82) is 0 Å². The molecule has 3 aromatic heterocycles. The quantitative estimate of drug-likeness (QED) is 0.0943. The van der Waals surface area contributed by atoms with Gasteiger partial charge in [0.1, 0.15) is 0 Å². The Morgan fingerprint density at radius 1 is 0.805 bits per heavy atom. The number of rotatable bonds is 9. The summed E-state index contributed by atoms with van der Waals surface area (Å²) < 4.78 is 10.6. The summed E-state index contributed by atoms with van der Waals surface area (Å²) >= 11 is 6.78. The van der Waals surface area contributed by atoms with Crippen molar-refractivity contribution in [3.05, 3.63) is 140 Å². The van der Waals surface area contributed by atoms with Crippen LogP contribution >= 0.6 is 31.9 Å².